The van der Waals surface area contributed by atoms with Crippen LogP contribution in [0.2, 0.25) is 5.02 Å². The number of hydrogen-bond acceptors (Lipinski definition) is 4. The van der Waals surface area contributed by atoms with Crippen LogP contribution in [0.15, 0.2) is 59.4 Å². The lowest BCUT2D eigenvalue weighted by atomic mass is 9.92. The Hall–Kier alpha value is -4.08. The van der Waals surface area contributed by atoms with Crippen molar-refractivity contribution in [1.29, 1.82) is 5.26 Å². The molecule has 1 aromatic heterocycles. The lowest BCUT2D eigenvalue weighted by Gasteiger charge is -2.14. The summed E-state index contributed by atoms with van der Waals surface area (Å²) in [6.45, 7) is 1.82. The number of nitrogens with zero attached hydrogens (tertiary/aromatic N) is 1. The zero-order chi connectivity index (χ0) is 22.3. The van der Waals surface area contributed by atoms with Gasteiger partial charge in [-0.3, -0.25) is 4.79 Å². The number of benzene rings is 3. The summed E-state index contributed by atoms with van der Waals surface area (Å²) in [4.78, 5) is 26.7. The average Bonchev–Trinajstić information content (AvgIpc) is 2.74. The second-order valence-corrected chi connectivity index (χ2v) is 7.44. The van der Waals surface area contributed by atoms with Crippen molar-refractivity contribution in [3.63, 3.8) is 0 Å². The van der Waals surface area contributed by atoms with Crippen molar-refractivity contribution < 1.29 is 15.0 Å². The third-order valence-corrected chi connectivity index (χ3v) is 5.55. The molecule has 0 atom stereocenters. The van der Waals surface area contributed by atoms with E-state index in [0.717, 1.165) is 16.7 Å². The summed E-state index contributed by atoms with van der Waals surface area (Å²) in [5, 5.41) is 29.8. The Morgan fingerprint density at radius 3 is 2.42 bits per heavy atom. The summed E-state index contributed by atoms with van der Waals surface area (Å²) in [5.74, 6) is -1.25. The molecule has 0 saturated heterocycles. The van der Waals surface area contributed by atoms with Crippen molar-refractivity contribution in [2.45, 2.75) is 6.92 Å². The second kappa shape index (κ2) is 7.63. The molecule has 0 fully saturated rings. The number of carboxylic acids is 1. The van der Waals surface area contributed by atoms with Crippen LogP contribution in [0.5, 0.6) is 5.75 Å². The predicted octanol–water partition coefficient (Wildman–Crippen LogP) is 5.10. The van der Waals surface area contributed by atoms with Crippen LogP contribution in [-0.4, -0.2) is 21.2 Å². The van der Waals surface area contributed by atoms with Gasteiger partial charge >= 0.3 is 5.97 Å². The number of rotatable bonds is 3. The van der Waals surface area contributed by atoms with Crippen molar-refractivity contribution >= 4 is 28.5 Å². The van der Waals surface area contributed by atoms with E-state index in [4.69, 9.17) is 16.7 Å². The lowest BCUT2D eigenvalue weighted by molar-refractivity contribution is 0.0697. The van der Waals surface area contributed by atoms with Crippen LogP contribution in [0.1, 0.15) is 21.5 Å². The first-order valence-corrected chi connectivity index (χ1v) is 9.62. The maximum atomic E-state index is 12.9. The fourth-order valence-corrected chi connectivity index (χ4v) is 3.85. The number of aromatic nitrogens is 1. The third kappa shape index (κ3) is 3.41. The van der Waals surface area contributed by atoms with Gasteiger partial charge in [0.1, 0.15) is 11.8 Å². The largest absolute Gasteiger partial charge is 0.506 e. The quantitative estimate of drug-likeness (QED) is 0.418. The van der Waals surface area contributed by atoms with Gasteiger partial charge in [0.25, 0.3) is 5.56 Å². The predicted molar refractivity (Wildman–Crippen MR) is 119 cm³/mol. The Balaban J connectivity index is 1.94. The molecule has 0 aliphatic carbocycles. The van der Waals surface area contributed by atoms with Crippen molar-refractivity contribution in [3.8, 4) is 34.1 Å². The van der Waals surface area contributed by atoms with Crippen LogP contribution in [0.4, 0.5) is 0 Å². The first-order valence-electron chi connectivity index (χ1n) is 9.24. The first-order chi connectivity index (χ1) is 14.8. The summed E-state index contributed by atoms with van der Waals surface area (Å²) in [5.41, 5.74) is 3.11. The summed E-state index contributed by atoms with van der Waals surface area (Å²) < 4.78 is 0. The smallest absolute Gasteiger partial charge is 0.335 e. The molecule has 4 aromatic rings. The molecular formula is C24H15ClN2O4. The number of aromatic amines is 1. The van der Waals surface area contributed by atoms with Gasteiger partial charge in [-0.25, -0.2) is 4.79 Å². The molecule has 4 rings (SSSR count). The fourth-order valence-electron chi connectivity index (χ4n) is 3.65. The Kier molecular flexibility index (Phi) is 4.97. The number of aromatic hydroxyl groups is 1. The number of fused-ring (bicyclic) bond motifs is 1. The van der Waals surface area contributed by atoms with Crippen LogP contribution >= 0.6 is 11.6 Å². The maximum absolute atomic E-state index is 12.9. The Bertz CT molecular complexity index is 1460. The summed E-state index contributed by atoms with van der Waals surface area (Å²) in [7, 11) is 0. The van der Waals surface area contributed by atoms with E-state index >= 15 is 0 Å². The second-order valence-electron chi connectivity index (χ2n) is 7.03. The van der Waals surface area contributed by atoms with Crippen LogP contribution in [0.3, 0.4) is 0 Å². The number of aromatic carboxylic acids is 1. The zero-order valence-electron chi connectivity index (χ0n) is 16.2. The Morgan fingerprint density at radius 2 is 1.77 bits per heavy atom. The molecule has 0 saturated carbocycles. The summed E-state index contributed by atoms with van der Waals surface area (Å²) in [6, 6.07) is 16.6. The molecule has 7 heteroatoms. The number of carboxylic acid groups (broad SMARTS) is 1. The molecule has 6 nitrogen and oxygen atoms in total. The molecule has 0 unspecified atom stereocenters. The molecule has 3 N–H and O–H groups in total. The first kappa shape index (κ1) is 20.2. The molecule has 152 valence electrons. The number of hydrogen-bond donors (Lipinski definition) is 3. The minimum absolute atomic E-state index is 0.0835. The van der Waals surface area contributed by atoms with Crippen LogP contribution < -0.4 is 5.56 Å². The van der Waals surface area contributed by atoms with Crippen LogP contribution in [-0.2, 0) is 0 Å². The number of nitrogens with one attached hydrogen (secondary N) is 1. The molecule has 0 bridgehead atoms. The SMILES string of the molecule is Cc1c(-c2ccc(C(=O)O)cc2)cccc1-c1c(O)c2cc(C#N)c(Cl)cc2[nH]c1=O. The van der Waals surface area contributed by atoms with E-state index in [-0.39, 0.29) is 27.5 Å². The molecule has 0 spiro atoms. The topological polar surface area (TPSA) is 114 Å². The van der Waals surface area contributed by atoms with Crippen molar-refractivity contribution in [2.75, 3.05) is 0 Å². The Morgan fingerprint density at radius 1 is 1.10 bits per heavy atom. The lowest BCUT2D eigenvalue weighted by Crippen LogP contribution is -2.10. The monoisotopic (exact) mass is 430 g/mol. The van der Waals surface area contributed by atoms with Crippen molar-refractivity contribution in [2.24, 2.45) is 0 Å². The highest BCUT2D eigenvalue weighted by Gasteiger charge is 2.19. The number of H-pyrrole nitrogens is 1. The van der Waals surface area contributed by atoms with E-state index in [1.807, 2.05) is 19.1 Å². The van der Waals surface area contributed by atoms with E-state index in [2.05, 4.69) is 4.98 Å². The zero-order valence-corrected chi connectivity index (χ0v) is 17.0. The highest BCUT2D eigenvalue weighted by atomic mass is 35.5. The minimum atomic E-state index is -1.01. The highest BCUT2D eigenvalue weighted by molar-refractivity contribution is 6.32. The van der Waals surface area contributed by atoms with Gasteiger partial charge in [-0.15, -0.1) is 0 Å². The van der Waals surface area contributed by atoms with Crippen molar-refractivity contribution in [3.05, 3.63) is 86.7 Å². The van der Waals surface area contributed by atoms with E-state index < -0.39 is 11.5 Å². The molecule has 0 aliphatic rings. The van der Waals surface area contributed by atoms with Gasteiger partial charge < -0.3 is 15.2 Å². The Labute approximate surface area is 181 Å². The molecule has 0 aliphatic heterocycles. The van der Waals surface area contributed by atoms with Crippen molar-refractivity contribution in [1.82, 2.24) is 4.98 Å². The minimum Gasteiger partial charge on any atom is -0.506 e. The molecule has 0 radical (unpaired) electrons. The summed E-state index contributed by atoms with van der Waals surface area (Å²) in [6.07, 6.45) is 0. The highest BCUT2D eigenvalue weighted by Crippen LogP contribution is 2.38. The maximum Gasteiger partial charge on any atom is 0.335 e. The van der Waals surface area contributed by atoms with Crippen LogP contribution in [0.25, 0.3) is 33.2 Å². The number of halogens is 1. The van der Waals surface area contributed by atoms with E-state index in [9.17, 15) is 20.0 Å². The summed E-state index contributed by atoms with van der Waals surface area (Å²) >= 11 is 6.05. The standard InChI is InChI=1S/C24H15ClN2O4/c1-12-16(13-5-7-14(8-6-13)24(30)31)3-2-4-17(12)21-22(28)18-9-15(11-26)19(25)10-20(18)27-23(21)29/h2-10H,1H3,(H,30,31)(H2,27,28,29). The van der Waals surface area contributed by atoms with Gasteiger partial charge in [-0.05, 0) is 53.4 Å². The van der Waals surface area contributed by atoms with Gasteiger partial charge in [0.05, 0.1) is 27.2 Å². The molecule has 3 aromatic carbocycles. The molecule has 31 heavy (non-hydrogen) atoms. The van der Waals surface area contributed by atoms with E-state index in [0.29, 0.717) is 16.5 Å². The van der Waals surface area contributed by atoms with Gasteiger partial charge in [-0.1, -0.05) is 41.9 Å². The number of carbonyl (C=O) groups is 1. The molecular weight excluding hydrogens is 416 g/mol. The molecule has 0 amide bonds. The molecule has 1 heterocycles. The van der Waals surface area contributed by atoms with E-state index in [1.165, 1.54) is 24.3 Å². The number of nitriles is 1. The van der Waals surface area contributed by atoms with Gasteiger partial charge in [-0.2, -0.15) is 5.26 Å². The number of pyridine rings is 1. The van der Waals surface area contributed by atoms with Crippen LogP contribution in [0, 0.1) is 18.3 Å². The normalized spacial score (nSPS) is 10.7. The third-order valence-electron chi connectivity index (χ3n) is 5.24. The van der Waals surface area contributed by atoms with E-state index in [1.54, 1.807) is 24.3 Å². The fraction of sp³-hybridized carbons (Fsp3) is 0.0417. The van der Waals surface area contributed by atoms with Gasteiger partial charge in [0.15, 0.2) is 0 Å². The average molecular weight is 431 g/mol. The van der Waals surface area contributed by atoms with Gasteiger partial charge in [0.2, 0.25) is 0 Å². The van der Waals surface area contributed by atoms with Gasteiger partial charge in [0, 0.05) is 5.39 Å².